The summed E-state index contributed by atoms with van der Waals surface area (Å²) in [6.45, 7) is 3.46. The molecule has 2 bridgehead atoms. The number of ether oxygens (including phenoxy) is 1. The van der Waals surface area contributed by atoms with E-state index in [1.54, 1.807) is 12.3 Å². The van der Waals surface area contributed by atoms with Crippen LogP contribution in [0.1, 0.15) is 37.0 Å². The van der Waals surface area contributed by atoms with Gasteiger partial charge < -0.3 is 14.5 Å². The molecule has 2 aromatic rings. The lowest BCUT2D eigenvalue weighted by Crippen LogP contribution is -2.56. The standard InChI is InChI=1S/C22H24N4O2/c1-16(18-5-3-2-4-6-18)28-15-22(27)25-13-19-8-9-20(14-25)26(19)21-10-7-17(11-23)12-24-21/h2-7,10,12,16,19-20H,8-9,13-15H2,1H3/t16-,19?,20?/m1/s1. The molecule has 144 valence electrons. The van der Waals surface area contributed by atoms with Gasteiger partial charge in [-0.3, -0.25) is 4.79 Å². The fraction of sp³-hybridized carbons (Fsp3) is 0.409. The van der Waals surface area contributed by atoms with Crippen LogP contribution in [0.2, 0.25) is 0 Å². The van der Waals surface area contributed by atoms with Gasteiger partial charge in [0.1, 0.15) is 18.5 Å². The van der Waals surface area contributed by atoms with Crippen LogP contribution in [0, 0.1) is 11.3 Å². The van der Waals surface area contributed by atoms with E-state index in [-0.39, 0.29) is 30.7 Å². The Kier molecular flexibility index (Phi) is 5.27. The zero-order chi connectivity index (χ0) is 19.5. The molecule has 0 N–H and O–H groups in total. The molecule has 4 rings (SSSR count). The van der Waals surface area contributed by atoms with Crippen molar-refractivity contribution in [2.24, 2.45) is 0 Å². The fourth-order valence-corrected chi connectivity index (χ4v) is 4.19. The number of carbonyl (C=O) groups is 1. The van der Waals surface area contributed by atoms with Crippen LogP contribution in [0.25, 0.3) is 0 Å². The molecule has 3 heterocycles. The maximum absolute atomic E-state index is 12.7. The Morgan fingerprint density at radius 2 is 1.93 bits per heavy atom. The smallest absolute Gasteiger partial charge is 0.248 e. The summed E-state index contributed by atoms with van der Waals surface area (Å²) in [5.74, 6) is 0.944. The van der Waals surface area contributed by atoms with E-state index < -0.39 is 0 Å². The van der Waals surface area contributed by atoms with Crippen molar-refractivity contribution in [3.8, 4) is 6.07 Å². The van der Waals surface area contributed by atoms with Crippen molar-refractivity contribution in [3.63, 3.8) is 0 Å². The van der Waals surface area contributed by atoms with Gasteiger partial charge in [-0.05, 0) is 37.5 Å². The van der Waals surface area contributed by atoms with E-state index in [1.165, 1.54) is 0 Å². The summed E-state index contributed by atoms with van der Waals surface area (Å²) in [5, 5.41) is 8.95. The number of rotatable bonds is 5. The summed E-state index contributed by atoms with van der Waals surface area (Å²) in [6, 6.07) is 16.3. The van der Waals surface area contributed by atoms with Gasteiger partial charge in [0.15, 0.2) is 0 Å². The lowest BCUT2D eigenvalue weighted by atomic mass is 10.1. The van der Waals surface area contributed by atoms with Gasteiger partial charge in [0, 0.05) is 31.4 Å². The number of piperazine rings is 1. The highest BCUT2D eigenvalue weighted by Gasteiger charge is 2.41. The molecular formula is C22H24N4O2. The molecule has 2 aliphatic heterocycles. The van der Waals surface area contributed by atoms with Crippen LogP contribution in [0.5, 0.6) is 0 Å². The first kappa shape index (κ1) is 18.5. The lowest BCUT2D eigenvalue weighted by molar-refractivity contribution is -0.139. The van der Waals surface area contributed by atoms with Crippen molar-refractivity contribution < 1.29 is 9.53 Å². The second-order valence-corrected chi connectivity index (χ2v) is 7.47. The minimum absolute atomic E-state index is 0.0483. The number of nitrogens with zero attached hydrogens (tertiary/aromatic N) is 4. The Labute approximate surface area is 165 Å². The van der Waals surface area contributed by atoms with Crippen LogP contribution < -0.4 is 4.90 Å². The highest BCUT2D eigenvalue weighted by Crippen LogP contribution is 2.34. The Hall–Kier alpha value is -2.91. The minimum atomic E-state index is -0.106. The molecule has 1 amide bonds. The highest BCUT2D eigenvalue weighted by atomic mass is 16.5. The molecule has 0 radical (unpaired) electrons. The van der Waals surface area contributed by atoms with Crippen molar-refractivity contribution >= 4 is 11.7 Å². The van der Waals surface area contributed by atoms with E-state index in [0.717, 1.165) is 24.2 Å². The number of benzene rings is 1. The number of likely N-dealkylation sites (tertiary alicyclic amines) is 1. The fourth-order valence-electron chi connectivity index (χ4n) is 4.19. The monoisotopic (exact) mass is 376 g/mol. The molecule has 2 unspecified atom stereocenters. The van der Waals surface area contributed by atoms with Crippen LogP contribution in [-0.2, 0) is 9.53 Å². The largest absolute Gasteiger partial charge is 0.364 e. The number of hydrogen-bond acceptors (Lipinski definition) is 5. The number of nitriles is 1. The van der Waals surface area contributed by atoms with Crippen molar-refractivity contribution in [1.29, 1.82) is 5.26 Å². The average Bonchev–Trinajstić information content (AvgIpc) is 3.01. The predicted octanol–water partition coefficient (Wildman–Crippen LogP) is 2.91. The molecule has 6 nitrogen and oxygen atoms in total. The topological polar surface area (TPSA) is 69.5 Å². The third-order valence-electron chi connectivity index (χ3n) is 5.70. The Balaban J connectivity index is 1.36. The SMILES string of the molecule is C[C@@H](OCC(=O)N1CC2CCC(C1)N2c1ccc(C#N)cn1)c1ccccc1. The van der Waals surface area contributed by atoms with Gasteiger partial charge in [-0.1, -0.05) is 30.3 Å². The summed E-state index contributed by atoms with van der Waals surface area (Å²) >= 11 is 0. The van der Waals surface area contributed by atoms with Crippen LogP contribution in [0.15, 0.2) is 48.7 Å². The highest BCUT2D eigenvalue weighted by molar-refractivity contribution is 5.78. The van der Waals surface area contributed by atoms with E-state index >= 15 is 0 Å². The lowest BCUT2D eigenvalue weighted by Gasteiger charge is -2.41. The first-order chi connectivity index (χ1) is 13.7. The van der Waals surface area contributed by atoms with E-state index in [2.05, 4.69) is 16.0 Å². The normalized spacial score (nSPS) is 22.0. The number of aromatic nitrogens is 1. The summed E-state index contributed by atoms with van der Waals surface area (Å²) in [4.78, 5) is 21.4. The summed E-state index contributed by atoms with van der Waals surface area (Å²) in [5.41, 5.74) is 1.64. The van der Waals surface area contributed by atoms with Gasteiger partial charge in [0.2, 0.25) is 5.91 Å². The summed E-state index contributed by atoms with van der Waals surface area (Å²) in [6.07, 6.45) is 3.62. The average molecular weight is 376 g/mol. The number of amides is 1. The molecule has 2 saturated heterocycles. The molecular weight excluding hydrogens is 352 g/mol. The van der Waals surface area contributed by atoms with E-state index in [9.17, 15) is 4.79 Å². The Bertz CT molecular complexity index is 848. The molecule has 0 aliphatic carbocycles. The van der Waals surface area contributed by atoms with Crippen molar-refractivity contribution in [3.05, 3.63) is 59.8 Å². The molecule has 0 saturated carbocycles. The second-order valence-electron chi connectivity index (χ2n) is 7.47. The van der Waals surface area contributed by atoms with Crippen LogP contribution in [-0.4, -0.2) is 47.6 Å². The number of hydrogen-bond donors (Lipinski definition) is 0. The van der Waals surface area contributed by atoms with Crippen molar-refractivity contribution in [2.75, 3.05) is 24.6 Å². The molecule has 2 fully saturated rings. The zero-order valence-electron chi connectivity index (χ0n) is 16.0. The quantitative estimate of drug-likeness (QED) is 0.803. The van der Waals surface area contributed by atoms with E-state index in [1.807, 2.05) is 48.2 Å². The van der Waals surface area contributed by atoms with Crippen LogP contribution >= 0.6 is 0 Å². The van der Waals surface area contributed by atoms with Crippen LogP contribution in [0.4, 0.5) is 5.82 Å². The number of fused-ring (bicyclic) bond motifs is 2. The van der Waals surface area contributed by atoms with Gasteiger partial charge in [-0.25, -0.2) is 4.98 Å². The molecule has 1 aromatic carbocycles. The van der Waals surface area contributed by atoms with Gasteiger partial charge in [0.25, 0.3) is 0 Å². The molecule has 0 spiro atoms. The summed E-state index contributed by atoms with van der Waals surface area (Å²) < 4.78 is 5.82. The Morgan fingerprint density at radius 1 is 1.21 bits per heavy atom. The van der Waals surface area contributed by atoms with Gasteiger partial charge in [-0.2, -0.15) is 5.26 Å². The second kappa shape index (κ2) is 7.99. The molecule has 2 aliphatic rings. The van der Waals surface area contributed by atoms with Gasteiger partial charge >= 0.3 is 0 Å². The molecule has 3 atom stereocenters. The first-order valence-electron chi connectivity index (χ1n) is 9.74. The molecule has 1 aromatic heterocycles. The number of anilines is 1. The van der Waals surface area contributed by atoms with E-state index in [0.29, 0.717) is 18.7 Å². The third kappa shape index (κ3) is 3.71. The zero-order valence-corrected chi connectivity index (χ0v) is 16.0. The van der Waals surface area contributed by atoms with Crippen molar-refractivity contribution in [2.45, 2.75) is 38.0 Å². The Morgan fingerprint density at radius 3 is 2.54 bits per heavy atom. The summed E-state index contributed by atoms with van der Waals surface area (Å²) in [7, 11) is 0. The van der Waals surface area contributed by atoms with Gasteiger partial charge in [0.05, 0.1) is 11.7 Å². The maximum Gasteiger partial charge on any atom is 0.248 e. The number of pyridine rings is 1. The molecule has 28 heavy (non-hydrogen) atoms. The van der Waals surface area contributed by atoms with Crippen LogP contribution in [0.3, 0.4) is 0 Å². The predicted molar refractivity (Wildman–Crippen MR) is 106 cm³/mol. The third-order valence-corrected chi connectivity index (χ3v) is 5.70. The minimum Gasteiger partial charge on any atom is -0.364 e. The number of carbonyl (C=O) groups excluding carboxylic acids is 1. The molecule has 6 heteroatoms. The van der Waals surface area contributed by atoms with E-state index in [4.69, 9.17) is 10.00 Å². The first-order valence-corrected chi connectivity index (χ1v) is 9.74. The maximum atomic E-state index is 12.7. The van der Waals surface area contributed by atoms with Crippen molar-refractivity contribution in [1.82, 2.24) is 9.88 Å². The van der Waals surface area contributed by atoms with Gasteiger partial charge in [-0.15, -0.1) is 0 Å².